The number of anilines is 1. The van der Waals surface area contributed by atoms with Gasteiger partial charge in [0.2, 0.25) is 0 Å². The summed E-state index contributed by atoms with van der Waals surface area (Å²) in [6.45, 7) is 0. The number of hydrogen-bond donors (Lipinski definition) is 1. The van der Waals surface area contributed by atoms with Crippen molar-refractivity contribution in [3.63, 3.8) is 0 Å². The average molecular weight is 470 g/mol. The Hall–Kier alpha value is -5.06. The summed E-state index contributed by atoms with van der Waals surface area (Å²) in [5, 5.41) is 13.1. The highest BCUT2D eigenvalue weighted by atomic mass is 16.5. The number of carbonyl (C=O) groups excluding carboxylic acids is 2. The predicted octanol–water partition coefficient (Wildman–Crippen LogP) is 2.28. The Morgan fingerprint density at radius 2 is 1.60 bits per heavy atom. The Labute approximate surface area is 197 Å². The molecule has 5 rings (SSSR count). The molecular formula is C24H18N6O5. The van der Waals surface area contributed by atoms with E-state index in [9.17, 15) is 14.4 Å². The second-order valence-corrected chi connectivity index (χ2v) is 7.48. The summed E-state index contributed by atoms with van der Waals surface area (Å²) in [6, 6.07) is 17.2. The minimum Gasteiger partial charge on any atom is -0.465 e. The maximum Gasteiger partial charge on any atom is 0.340 e. The van der Waals surface area contributed by atoms with Gasteiger partial charge in [0.15, 0.2) is 5.82 Å². The van der Waals surface area contributed by atoms with E-state index in [1.807, 2.05) is 6.07 Å². The first-order valence-electron chi connectivity index (χ1n) is 10.4. The molecule has 0 spiro atoms. The molecule has 0 bridgehead atoms. The molecule has 0 saturated heterocycles. The highest BCUT2D eigenvalue weighted by Gasteiger charge is 2.28. The van der Waals surface area contributed by atoms with Crippen LogP contribution in [0.15, 0.2) is 65.5 Å². The van der Waals surface area contributed by atoms with Crippen molar-refractivity contribution >= 4 is 39.4 Å². The lowest BCUT2D eigenvalue weighted by atomic mass is 9.99. The minimum absolute atomic E-state index is 0.0357. The minimum atomic E-state index is -0.889. The van der Waals surface area contributed by atoms with Crippen LogP contribution in [-0.2, 0) is 9.47 Å². The molecule has 11 heteroatoms. The molecule has 0 aliphatic heterocycles. The molecule has 11 nitrogen and oxygen atoms in total. The fraction of sp³-hybridized carbons (Fsp3) is 0.0833. The number of hydrogen-bond acceptors (Lipinski definition) is 9. The molecular weight excluding hydrogens is 452 g/mol. The number of carbonyl (C=O) groups is 2. The van der Waals surface area contributed by atoms with E-state index in [1.54, 1.807) is 48.5 Å². The molecule has 0 saturated carbocycles. The molecule has 0 amide bonds. The second kappa shape index (κ2) is 8.37. The maximum absolute atomic E-state index is 13.7. The van der Waals surface area contributed by atoms with Gasteiger partial charge in [-0.05, 0) is 30.3 Å². The van der Waals surface area contributed by atoms with Gasteiger partial charge in [0.25, 0.3) is 5.56 Å². The molecule has 0 aliphatic rings. The van der Waals surface area contributed by atoms with E-state index in [2.05, 4.69) is 15.4 Å². The van der Waals surface area contributed by atoms with E-state index in [0.717, 1.165) is 11.8 Å². The van der Waals surface area contributed by atoms with Gasteiger partial charge in [-0.25, -0.2) is 9.59 Å². The van der Waals surface area contributed by atoms with Gasteiger partial charge < -0.3 is 15.2 Å². The van der Waals surface area contributed by atoms with Crippen molar-refractivity contribution in [2.75, 3.05) is 20.0 Å². The number of ether oxygens (including phenoxy) is 2. The van der Waals surface area contributed by atoms with Crippen LogP contribution >= 0.6 is 0 Å². The van der Waals surface area contributed by atoms with Gasteiger partial charge in [-0.3, -0.25) is 4.79 Å². The van der Waals surface area contributed by atoms with Gasteiger partial charge in [-0.2, -0.15) is 9.36 Å². The fourth-order valence-electron chi connectivity index (χ4n) is 3.93. The molecule has 5 aromatic rings. The molecule has 2 aromatic heterocycles. The number of fused-ring (bicyclic) bond motifs is 2. The number of nitrogens with two attached hydrogens (primary N) is 1. The third-order valence-corrected chi connectivity index (χ3v) is 5.56. The molecule has 0 radical (unpaired) electrons. The molecule has 174 valence electrons. The van der Waals surface area contributed by atoms with Crippen LogP contribution in [0, 0.1) is 0 Å². The van der Waals surface area contributed by atoms with Crippen molar-refractivity contribution in [3.8, 4) is 11.5 Å². The molecule has 0 fully saturated rings. The zero-order valence-electron chi connectivity index (χ0n) is 18.6. The molecule has 2 N–H and O–H groups in total. The number of methoxy groups -OCH3 is 2. The Balaban J connectivity index is 1.99. The topological polar surface area (TPSA) is 144 Å². The number of aromatic nitrogens is 5. The van der Waals surface area contributed by atoms with Crippen LogP contribution < -0.4 is 11.3 Å². The quantitative estimate of drug-likeness (QED) is 0.309. The zero-order valence-corrected chi connectivity index (χ0v) is 18.6. The van der Waals surface area contributed by atoms with Gasteiger partial charge in [0.1, 0.15) is 5.52 Å². The number of benzene rings is 3. The van der Waals surface area contributed by atoms with Crippen molar-refractivity contribution in [2.45, 2.75) is 0 Å². The lowest BCUT2D eigenvalue weighted by molar-refractivity contribution is 0.0556. The smallest absolute Gasteiger partial charge is 0.340 e. The first kappa shape index (κ1) is 21.8. The molecule has 2 heterocycles. The van der Waals surface area contributed by atoms with Crippen molar-refractivity contribution < 1.29 is 19.1 Å². The predicted molar refractivity (Wildman–Crippen MR) is 127 cm³/mol. The van der Waals surface area contributed by atoms with Crippen molar-refractivity contribution in [1.82, 2.24) is 24.8 Å². The van der Waals surface area contributed by atoms with Crippen LogP contribution in [0.3, 0.4) is 0 Å². The molecule has 0 aliphatic carbocycles. The summed E-state index contributed by atoms with van der Waals surface area (Å²) in [5.74, 6) is -1.55. The van der Waals surface area contributed by atoms with Gasteiger partial charge in [0.05, 0.1) is 47.6 Å². The summed E-state index contributed by atoms with van der Waals surface area (Å²) in [5.41, 5.74) is 6.75. The largest absolute Gasteiger partial charge is 0.465 e. The zero-order chi connectivity index (χ0) is 24.7. The van der Waals surface area contributed by atoms with E-state index in [0.29, 0.717) is 16.7 Å². The van der Waals surface area contributed by atoms with E-state index >= 15 is 0 Å². The van der Waals surface area contributed by atoms with Crippen LogP contribution in [0.5, 0.6) is 0 Å². The van der Waals surface area contributed by atoms with E-state index < -0.39 is 17.5 Å². The van der Waals surface area contributed by atoms with Gasteiger partial charge in [-0.1, -0.05) is 35.5 Å². The fourth-order valence-corrected chi connectivity index (χ4v) is 3.93. The summed E-state index contributed by atoms with van der Waals surface area (Å²) in [6.07, 6.45) is 0. The van der Waals surface area contributed by atoms with Crippen LogP contribution in [0.2, 0.25) is 0 Å². The molecule has 0 atom stereocenters. The number of nitrogens with zero attached hydrogens (tertiary/aromatic N) is 5. The lowest BCUT2D eigenvalue weighted by Crippen LogP contribution is -2.26. The van der Waals surface area contributed by atoms with Crippen LogP contribution in [-0.4, -0.2) is 50.9 Å². The Morgan fingerprint density at radius 1 is 0.914 bits per heavy atom. The highest BCUT2D eigenvalue weighted by molar-refractivity contribution is 6.14. The van der Waals surface area contributed by atoms with Gasteiger partial charge in [0, 0.05) is 5.39 Å². The van der Waals surface area contributed by atoms with E-state index in [-0.39, 0.29) is 33.4 Å². The second-order valence-electron chi connectivity index (χ2n) is 7.48. The Bertz CT molecular complexity index is 1690. The first-order valence-corrected chi connectivity index (χ1v) is 10.4. The van der Waals surface area contributed by atoms with E-state index in [1.165, 1.54) is 17.9 Å². The van der Waals surface area contributed by atoms with Crippen LogP contribution in [0.4, 0.5) is 5.69 Å². The van der Waals surface area contributed by atoms with Crippen molar-refractivity contribution in [3.05, 3.63) is 82.1 Å². The third kappa shape index (κ3) is 3.37. The Kier molecular flexibility index (Phi) is 5.21. The van der Waals surface area contributed by atoms with Crippen LogP contribution in [0.1, 0.15) is 20.7 Å². The monoisotopic (exact) mass is 470 g/mol. The SMILES string of the molecule is COC(=O)c1cc2c(-n3nnc4ccccc43)nn(-c3ccccc3)c(=O)c2c(N)c1C(=O)OC. The normalized spacial score (nSPS) is 11.0. The van der Waals surface area contributed by atoms with E-state index in [4.69, 9.17) is 15.2 Å². The Morgan fingerprint density at radius 3 is 2.31 bits per heavy atom. The summed E-state index contributed by atoms with van der Waals surface area (Å²) in [4.78, 5) is 38.9. The number of para-hydroxylation sites is 2. The third-order valence-electron chi connectivity index (χ3n) is 5.56. The lowest BCUT2D eigenvalue weighted by Gasteiger charge is -2.16. The van der Waals surface area contributed by atoms with Gasteiger partial charge >= 0.3 is 11.9 Å². The number of esters is 2. The molecule has 3 aromatic carbocycles. The standard InChI is InChI=1S/C24H18N6O5/c1-34-23(32)15-12-14-18(20(25)19(15)24(33)35-2)22(31)29(13-8-4-3-5-9-13)27-21(14)30-17-11-7-6-10-16(17)26-28-30/h3-12H,25H2,1-2H3. The highest BCUT2D eigenvalue weighted by Crippen LogP contribution is 2.31. The van der Waals surface area contributed by atoms with Crippen LogP contribution in [0.25, 0.3) is 33.3 Å². The summed E-state index contributed by atoms with van der Waals surface area (Å²) in [7, 11) is 2.32. The molecule has 35 heavy (non-hydrogen) atoms. The van der Waals surface area contributed by atoms with Crippen molar-refractivity contribution in [2.24, 2.45) is 0 Å². The summed E-state index contributed by atoms with van der Waals surface area (Å²) < 4.78 is 12.3. The summed E-state index contributed by atoms with van der Waals surface area (Å²) >= 11 is 0. The number of nitrogen functional groups attached to an aromatic ring is 1. The molecule has 0 unspecified atom stereocenters. The number of rotatable bonds is 4. The first-order chi connectivity index (χ1) is 17.0. The van der Waals surface area contributed by atoms with Crippen molar-refractivity contribution in [1.29, 1.82) is 0 Å². The maximum atomic E-state index is 13.7. The van der Waals surface area contributed by atoms with Gasteiger partial charge in [-0.15, -0.1) is 10.2 Å². The average Bonchev–Trinajstić information content (AvgIpc) is 3.32.